The molecule has 0 aliphatic rings. The number of thiazole rings is 2. The molecule has 0 radical (unpaired) electrons. The van der Waals surface area contributed by atoms with Crippen LogP contribution in [0.15, 0.2) is 38.8 Å². The van der Waals surface area contributed by atoms with E-state index in [0.29, 0.717) is 10.8 Å². The fourth-order valence-corrected chi connectivity index (χ4v) is 5.25. The van der Waals surface area contributed by atoms with Gasteiger partial charge in [0.2, 0.25) is 0 Å². The topological polar surface area (TPSA) is 47.3 Å². The van der Waals surface area contributed by atoms with Crippen LogP contribution in [0.25, 0.3) is 15.2 Å². The minimum atomic E-state index is -0.0274. The van der Waals surface area contributed by atoms with Crippen LogP contribution in [0.2, 0.25) is 5.02 Å². The number of halogens is 1. The monoisotopic (exact) mass is 379 g/mol. The van der Waals surface area contributed by atoms with Gasteiger partial charge in [-0.1, -0.05) is 23.4 Å². The molecule has 4 aromatic rings. The molecule has 4 nitrogen and oxygen atoms in total. The van der Waals surface area contributed by atoms with Crippen molar-refractivity contribution in [1.82, 2.24) is 14.4 Å². The highest BCUT2D eigenvalue weighted by Gasteiger charge is 2.09. The van der Waals surface area contributed by atoms with Crippen LogP contribution in [0, 0.1) is 6.92 Å². The molecule has 0 atom stereocenters. The molecular formula is C15H10ClN3OS3. The lowest BCUT2D eigenvalue weighted by Gasteiger charge is -2.00. The number of thioether (sulfide) groups is 1. The molecule has 0 bridgehead atoms. The molecule has 3 heterocycles. The minimum absolute atomic E-state index is 0.0274. The molecule has 0 fully saturated rings. The Morgan fingerprint density at radius 3 is 3.04 bits per heavy atom. The van der Waals surface area contributed by atoms with E-state index < -0.39 is 0 Å². The SMILES string of the molecule is Cc1csc2nc(CSc3nc4cc(Cl)ccc4s3)cc(=O)n12. The second-order valence-corrected chi connectivity index (χ2v) is 8.49. The van der Waals surface area contributed by atoms with Gasteiger partial charge in [-0.2, -0.15) is 0 Å². The van der Waals surface area contributed by atoms with Gasteiger partial charge in [-0.3, -0.25) is 9.20 Å². The molecule has 0 saturated heterocycles. The average Bonchev–Trinajstić information content (AvgIpc) is 3.08. The van der Waals surface area contributed by atoms with Crippen molar-refractivity contribution in [2.24, 2.45) is 0 Å². The zero-order chi connectivity index (χ0) is 16.0. The number of benzene rings is 1. The van der Waals surface area contributed by atoms with Gasteiger partial charge in [0.15, 0.2) is 9.30 Å². The molecular weight excluding hydrogens is 370 g/mol. The number of aromatic nitrogens is 3. The number of nitrogens with zero attached hydrogens (tertiary/aromatic N) is 3. The van der Waals surface area contributed by atoms with Crippen LogP contribution in [0.5, 0.6) is 0 Å². The summed E-state index contributed by atoms with van der Waals surface area (Å²) in [4.78, 5) is 22.0. The third kappa shape index (κ3) is 2.89. The van der Waals surface area contributed by atoms with Crippen molar-refractivity contribution in [2.45, 2.75) is 17.0 Å². The maximum Gasteiger partial charge on any atom is 0.258 e. The van der Waals surface area contributed by atoms with Crippen LogP contribution in [-0.4, -0.2) is 14.4 Å². The molecule has 0 aliphatic carbocycles. The van der Waals surface area contributed by atoms with Gasteiger partial charge in [-0.25, -0.2) is 9.97 Å². The minimum Gasteiger partial charge on any atom is -0.269 e. The molecule has 116 valence electrons. The van der Waals surface area contributed by atoms with E-state index in [1.165, 1.54) is 11.3 Å². The summed E-state index contributed by atoms with van der Waals surface area (Å²) in [5.74, 6) is 0.621. The standard InChI is InChI=1S/C15H10ClN3OS3/c1-8-6-21-14-17-10(5-13(20)19(8)14)7-22-15-18-11-4-9(16)2-3-12(11)23-15/h2-6H,7H2,1H3. The van der Waals surface area contributed by atoms with Crippen LogP contribution in [0.3, 0.4) is 0 Å². The van der Waals surface area contributed by atoms with E-state index in [2.05, 4.69) is 9.97 Å². The van der Waals surface area contributed by atoms with Gasteiger partial charge in [-0.05, 0) is 25.1 Å². The molecule has 3 aromatic heterocycles. The molecule has 1 aromatic carbocycles. The van der Waals surface area contributed by atoms with Crippen LogP contribution in [0.4, 0.5) is 0 Å². The second kappa shape index (κ2) is 5.90. The second-order valence-electron chi connectivity index (χ2n) is 4.96. The number of hydrogen-bond acceptors (Lipinski definition) is 6. The average molecular weight is 380 g/mol. The summed E-state index contributed by atoms with van der Waals surface area (Å²) in [6, 6.07) is 7.31. The Balaban J connectivity index is 1.61. The summed E-state index contributed by atoms with van der Waals surface area (Å²) >= 11 is 10.7. The smallest absolute Gasteiger partial charge is 0.258 e. The highest BCUT2D eigenvalue weighted by molar-refractivity contribution is 8.00. The first-order valence-corrected chi connectivity index (χ1v) is 9.82. The number of fused-ring (bicyclic) bond motifs is 2. The highest BCUT2D eigenvalue weighted by Crippen LogP contribution is 2.32. The van der Waals surface area contributed by atoms with Gasteiger partial charge in [-0.15, -0.1) is 22.7 Å². The largest absolute Gasteiger partial charge is 0.269 e. The zero-order valence-electron chi connectivity index (χ0n) is 11.9. The quantitative estimate of drug-likeness (QED) is 0.487. The van der Waals surface area contributed by atoms with Gasteiger partial charge in [0.25, 0.3) is 5.56 Å². The van der Waals surface area contributed by atoms with Gasteiger partial charge < -0.3 is 0 Å². The normalized spacial score (nSPS) is 11.6. The van der Waals surface area contributed by atoms with Gasteiger partial charge in [0, 0.05) is 27.9 Å². The van der Waals surface area contributed by atoms with E-state index in [1.807, 2.05) is 30.5 Å². The van der Waals surface area contributed by atoms with Gasteiger partial charge in [0.1, 0.15) is 0 Å². The summed E-state index contributed by atoms with van der Waals surface area (Å²) in [5, 5.41) is 2.63. The molecule has 8 heteroatoms. The van der Waals surface area contributed by atoms with E-state index in [0.717, 1.165) is 30.9 Å². The van der Waals surface area contributed by atoms with Crippen molar-refractivity contribution in [2.75, 3.05) is 0 Å². The third-order valence-corrected chi connectivity index (χ3v) is 6.69. The first-order valence-electron chi connectivity index (χ1n) is 6.76. The van der Waals surface area contributed by atoms with Gasteiger partial charge in [0.05, 0.1) is 15.9 Å². The van der Waals surface area contributed by atoms with Crippen molar-refractivity contribution in [3.8, 4) is 0 Å². The number of aryl methyl sites for hydroxylation is 1. The lowest BCUT2D eigenvalue weighted by Crippen LogP contribution is -2.14. The zero-order valence-corrected chi connectivity index (χ0v) is 15.2. The molecule has 0 N–H and O–H groups in total. The van der Waals surface area contributed by atoms with E-state index in [-0.39, 0.29) is 5.56 Å². The van der Waals surface area contributed by atoms with Crippen molar-refractivity contribution >= 4 is 61.2 Å². The van der Waals surface area contributed by atoms with Crippen molar-refractivity contribution in [1.29, 1.82) is 0 Å². The van der Waals surface area contributed by atoms with Crippen LogP contribution in [-0.2, 0) is 5.75 Å². The fourth-order valence-electron chi connectivity index (χ4n) is 2.25. The van der Waals surface area contributed by atoms with Crippen molar-refractivity contribution in [3.05, 3.63) is 56.4 Å². The van der Waals surface area contributed by atoms with Crippen LogP contribution < -0.4 is 5.56 Å². The molecule has 23 heavy (non-hydrogen) atoms. The first kappa shape index (κ1) is 15.1. The van der Waals surface area contributed by atoms with Gasteiger partial charge >= 0.3 is 0 Å². The third-order valence-electron chi connectivity index (χ3n) is 3.30. The van der Waals surface area contributed by atoms with E-state index in [9.17, 15) is 4.79 Å². The maximum atomic E-state index is 12.2. The number of rotatable bonds is 3. The van der Waals surface area contributed by atoms with Crippen molar-refractivity contribution in [3.63, 3.8) is 0 Å². The molecule has 0 unspecified atom stereocenters. The van der Waals surface area contributed by atoms with E-state index in [1.54, 1.807) is 33.6 Å². The summed E-state index contributed by atoms with van der Waals surface area (Å²) in [6.07, 6.45) is 0. The predicted molar refractivity (Wildman–Crippen MR) is 98.3 cm³/mol. The van der Waals surface area contributed by atoms with E-state index in [4.69, 9.17) is 11.6 Å². The Labute approximate surface area is 148 Å². The molecule has 0 amide bonds. The molecule has 4 rings (SSSR count). The Bertz CT molecular complexity index is 1080. The lowest BCUT2D eigenvalue weighted by atomic mass is 10.3. The Morgan fingerprint density at radius 1 is 1.30 bits per heavy atom. The summed E-state index contributed by atoms with van der Waals surface area (Å²) in [7, 11) is 0. The fraction of sp³-hybridized carbons (Fsp3) is 0.133. The summed E-state index contributed by atoms with van der Waals surface area (Å²) in [6.45, 7) is 1.91. The summed E-state index contributed by atoms with van der Waals surface area (Å²) < 4.78 is 3.69. The highest BCUT2D eigenvalue weighted by atomic mass is 35.5. The van der Waals surface area contributed by atoms with E-state index >= 15 is 0 Å². The Morgan fingerprint density at radius 2 is 2.17 bits per heavy atom. The Kier molecular flexibility index (Phi) is 3.88. The van der Waals surface area contributed by atoms with Crippen LogP contribution >= 0.6 is 46.0 Å². The predicted octanol–water partition coefficient (Wildman–Crippen LogP) is 4.62. The number of hydrogen-bond donors (Lipinski definition) is 0. The Hall–Kier alpha value is -1.41. The molecule has 0 saturated carbocycles. The lowest BCUT2D eigenvalue weighted by molar-refractivity contribution is 0.997. The van der Waals surface area contributed by atoms with Crippen molar-refractivity contribution < 1.29 is 0 Å². The maximum absolute atomic E-state index is 12.2. The first-order chi connectivity index (χ1) is 11.1. The summed E-state index contributed by atoms with van der Waals surface area (Å²) in [5.41, 5.74) is 2.58. The van der Waals surface area contributed by atoms with Crippen LogP contribution in [0.1, 0.15) is 11.4 Å². The molecule has 0 aliphatic heterocycles. The molecule has 0 spiro atoms.